The lowest BCUT2D eigenvalue weighted by molar-refractivity contribution is -0.105. The van der Waals surface area contributed by atoms with E-state index in [0.29, 0.717) is 5.57 Å². The normalized spacial score (nSPS) is 14.6. The lowest BCUT2D eigenvalue weighted by Crippen LogP contribution is -1.97. The minimum Gasteiger partial charge on any atom is -0.389 e. The number of aliphatic hydroxyl groups is 1. The molecule has 2 nitrogen and oxygen atoms in total. The summed E-state index contributed by atoms with van der Waals surface area (Å²) in [5.41, 5.74) is 0.710. The van der Waals surface area contributed by atoms with Gasteiger partial charge in [-0.1, -0.05) is 19.4 Å². The first-order valence-corrected chi connectivity index (χ1v) is 4.04. The highest BCUT2D eigenvalue weighted by Crippen LogP contribution is 2.05. The molecular weight excluding hydrogens is 140 g/mol. The predicted octanol–water partition coefficient (Wildman–Crippen LogP) is 1.68. The molecule has 11 heavy (non-hydrogen) atoms. The van der Waals surface area contributed by atoms with Crippen molar-refractivity contribution in [2.45, 2.75) is 39.2 Å². The fourth-order valence-corrected chi connectivity index (χ4v) is 0.872. The standard InChI is InChI=1S/C9H16O2/c1-3-4-5-9(7-10)6-8(2)11/h6-8,11H,3-5H2,1-2H3. The van der Waals surface area contributed by atoms with Crippen LogP contribution < -0.4 is 0 Å². The Balaban J connectivity index is 3.84. The van der Waals surface area contributed by atoms with Crippen molar-refractivity contribution < 1.29 is 9.90 Å². The van der Waals surface area contributed by atoms with Crippen LogP contribution in [0, 0.1) is 0 Å². The third-order valence-corrected chi connectivity index (χ3v) is 1.43. The Kier molecular flexibility index (Phi) is 5.75. The fraction of sp³-hybridized carbons (Fsp3) is 0.667. The van der Waals surface area contributed by atoms with Gasteiger partial charge in [-0.25, -0.2) is 0 Å². The Labute approximate surface area is 67.9 Å². The maximum absolute atomic E-state index is 10.4. The number of carbonyl (C=O) groups excluding carboxylic acids is 1. The van der Waals surface area contributed by atoms with Gasteiger partial charge in [-0.3, -0.25) is 4.79 Å². The van der Waals surface area contributed by atoms with E-state index in [-0.39, 0.29) is 0 Å². The van der Waals surface area contributed by atoms with Gasteiger partial charge in [-0.05, 0) is 25.3 Å². The van der Waals surface area contributed by atoms with Crippen LogP contribution in [0.4, 0.5) is 0 Å². The van der Waals surface area contributed by atoms with E-state index in [1.165, 1.54) is 0 Å². The van der Waals surface area contributed by atoms with E-state index in [1.54, 1.807) is 13.0 Å². The molecule has 1 unspecified atom stereocenters. The second kappa shape index (κ2) is 6.10. The molecule has 0 aromatic heterocycles. The summed E-state index contributed by atoms with van der Waals surface area (Å²) in [4.78, 5) is 10.4. The summed E-state index contributed by atoms with van der Waals surface area (Å²) in [5, 5.41) is 8.92. The SMILES string of the molecule is CCCCC(C=O)=CC(C)O. The first-order valence-electron chi connectivity index (χ1n) is 4.04. The third-order valence-electron chi connectivity index (χ3n) is 1.43. The Bertz CT molecular complexity index is 136. The molecular formula is C9H16O2. The molecule has 0 heterocycles. The molecule has 0 bridgehead atoms. The number of rotatable bonds is 5. The minimum atomic E-state index is -0.507. The number of unbranched alkanes of at least 4 members (excludes halogenated alkanes) is 1. The van der Waals surface area contributed by atoms with Crippen molar-refractivity contribution in [3.05, 3.63) is 11.6 Å². The van der Waals surface area contributed by atoms with Gasteiger partial charge < -0.3 is 5.11 Å². The summed E-state index contributed by atoms with van der Waals surface area (Å²) >= 11 is 0. The average Bonchev–Trinajstić information content (AvgIpc) is 1.97. The van der Waals surface area contributed by atoms with Gasteiger partial charge in [0.15, 0.2) is 0 Å². The average molecular weight is 156 g/mol. The molecule has 0 spiro atoms. The first kappa shape index (κ1) is 10.4. The molecule has 0 aliphatic carbocycles. The van der Waals surface area contributed by atoms with Crippen LogP contribution in [0.25, 0.3) is 0 Å². The molecule has 2 heteroatoms. The highest BCUT2D eigenvalue weighted by molar-refractivity contribution is 5.73. The number of aliphatic hydroxyl groups excluding tert-OH is 1. The van der Waals surface area contributed by atoms with Crippen LogP contribution in [0.5, 0.6) is 0 Å². The Morgan fingerprint density at radius 3 is 2.64 bits per heavy atom. The zero-order valence-electron chi connectivity index (χ0n) is 7.21. The van der Waals surface area contributed by atoms with Gasteiger partial charge in [0.05, 0.1) is 6.10 Å². The maximum Gasteiger partial charge on any atom is 0.145 e. The highest BCUT2D eigenvalue weighted by atomic mass is 16.3. The first-order chi connectivity index (χ1) is 5.20. The van der Waals surface area contributed by atoms with Crippen molar-refractivity contribution in [3.63, 3.8) is 0 Å². The molecule has 64 valence electrons. The van der Waals surface area contributed by atoms with Crippen LogP contribution in [0.1, 0.15) is 33.1 Å². The van der Waals surface area contributed by atoms with Crippen molar-refractivity contribution in [2.75, 3.05) is 0 Å². The molecule has 0 fully saturated rings. The lowest BCUT2D eigenvalue weighted by Gasteiger charge is -1.99. The number of allylic oxidation sites excluding steroid dienone is 1. The van der Waals surface area contributed by atoms with Crippen LogP contribution in [-0.4, -0.2) is 17.5 Å². The summed E-state index contributed by atoms with van der Waals surface area (Å²) < 4.78 is 0. The summed E-state index contributed by atoms with van der Waals surface area (Å²) in [6, 6.07) is 0. The third kappa shape index (κ3) is 5.80. The van der Waals surface area contributed by atoms with Crippen LogP contribution in [0.3, 0.4) is 0 Å². The number of carbonyl (C=O) groups is 1. The van der Waals surface area contributed by atoms with Gasteiger partial charge >= 0.3 is 0 Å². The van der Waals surface area contributed by atoms with Gasteiger partial charge in [-0.15, -0.1) is 0 Å². The Hall–Kier alpha value is -0.630. The number of hydrogen-bond donors (Lipinski definition) is 1. The zero-order chi connectivity index (χ0) is 8.69. The van der Waals surface area contributed by atoms with Gasteiger partial charge in [0.2, 0.25) is 0 Å². The van der Waals surface area contributed by atoms with Crippen molar-refractivity contribution in [1.29, 1.82) is 0 Å². The maximum atomic E-state index is 10.4. The molecule has 0 saturated heterocycles. The van der Waals surface area contributed by atoms with E-state index in [9.17, 15) is 4.79 Å². The lowest BCUT2D eigenvalue weighted by atomic mass is 10.1. The minimum absolute atomic E-state index is 0.507. The summed E-state index contributed by atoms with van der Waals surface area (Å²) in [7, 11) is 0. The van der Waals surface area contributed by atoms with E-state index in [1.807, 2.05) is 0 Å². The van der Waals surface area contributed by atoms with E-state index in [2.05, 4.69) is 6.92 Å². The molecule has 0 rings (SSSR count). The molecule has 0 aromatic rings. The molecule has 0 aromatic carbocycles. The molecule has 0 radical (unpaired) electrons. The van der Waals surface area contributed by atoms with Gasteiger partial charge in [0, 0.05) is 0 Å². The molecule has 1 N–H and O–H groups in total. The van der Waals surface area contributed by atoms with Gasteiger partial charge in [0.25, 0.3) is 0 Å². The molecule has 0 aliphatic rings. The summed E-state index contributed by atoms with van der Waals surface area (Å²) in [6.07, 6.45) is 4.78. The van der Waals surface area contributed by atoms with Crippen LogP contribution in [0.2, 0.25) is 0 Å². The van der Waals surface area contributed by atoms with Crippen LogP contribution >= 0.6 is 0 Å². The second-order valence-corrected chi connectivity index (χ2v) is 2.70. The predicted molar refractivity (Wildman–Crippen MR) is 45.4 cm³/mol. The zero-order valence-corrected chi connectivity index (χ0v) is 7.21. The quantitative estimate of drug-likeness (QED) is 0.485. The molecule has 0 amide bonds. The molecule has 0 saturated carbocycles. The highest BCUT2D eigenvalue weighted by Gasteiger charge is 1.96. The van der Waals surface area contributed by atoms with Crippen molar-refractivity contribution in [1.82, 2.24) is 0 Å². The Morgan fingerprint density at radius 1 is 1.64 bits per heavy atom. The smallest absolute Gasteiger partial charge is 0.145 e. The van der Waals surface area contributed by atoms with Crippen molar-refractivity contribution in [2.24, 2.45) is 0 Å². The van der Waals surface area contributed by atoms with Crippen molar-refractivity contribution >= 4 is 6.29 Å². The van der Waals surface area contributed by atoms with E-state index < -0.39 is 6.10 Å². The largest absolute Gasteiger partial charge is 0.389 e. The van der Waals surface area contributed by atoms with E-state index in [0.717, 1.165) is 25.5 Å². The fourth-order valence-electron chi connectivity index (χ4n) is 0.872. The topological polar surface area (TPSA) is 37.3 Å². The van der Waals surface area contributed by atoms with Gasteiger partial charge in [0.1, 0.15) is 6.29 Å². The van der Waals surface area contributed by atoms with E-state index in [4.69, 9.17) is 5.11 Å². The summed E-state index contributed by atoms with van der Waals surface area (Å²) in [5.74, 6) is 0. The molecule has 0 aliphatic heterocycles. The number of aldehydes is 1. The number of hydrogen-bond acceptors (Lipinski definition) is 2. The Morgan fingerprint density at radius 2 is 2.27 bits per heavy atom. The van der Waals surface area contributed by atoms with Crippen LogP contribution in [0.15, 0.2) is 11.6 Å². The second-order valence-electron chi connectivity index (χ2n) is 2.70. The van der Waals surface area contributed by atoms with Crippen LogP contribution in [-0.2, 0) is 4.79 Å². The monoisotopic (exact) mass is 156 g/mol. The van der Waals surface area contributed by atoms with Crippen molar-refractivity contribution in [3.8, 4) is 0 Å². The molecule has 1 atom stereocenters. The summed E-state index contributed by atoms with van der Waals surface area (Å²) in [6.45, 7) is 3.72. The van der Waals surface area contributed by atoms with E-state index >= 15 is 0 Å². The van der Waals surface area contributed by atoms with Gasteiger partial charge in [-0.2, -0.15) is 0 Å².